The topological polar surface area (TPSA) is 32.8 Å². The van der Waals surface area contributed by atoms with Gasteiger partial charge in [0.15, 0.2) is 0 Å². The van der Waals surface area contributed by atoms with Gasteiger partial charge >= 0.3 is 0 Å². The summed E-state index contributed by atoms with van der Waals surface area (Å²) in [5.41, 5.74) is 2.21. The van der Waals surface area contributed by atoms with Gasteiger partial charge in [0.25, 0.3) is 0 Å². The Bertz CT molecular complexity index is 860. The van der Waals surface area contributed by atoms with Crippen LogP contribution in [-0.2, 0) is 16.1 Å². The predicted octanol–water partition coefficient (Wildman–Crippen LogP) is 3.94. The zero-order chi connectivity index (χ0) is 20.4. The number of benzene rings is 2. The van der Waals surface area contributed by atoms with Crippen molar-refractivity contribution in [1.29, 1.82) is 0 Å². The third-order valence-corrected chi connectivity index (χ3v) is 6.62. The highest BCUT2D eigenvalue weighted by Crippen LogP contribution is 2.42. The molecular formula is C23H26ClFN2O2. The Labute approximate surface area is 176 Å². The Kier molecular flexibility index (Phi) is 6.18. The van der Waals surface area contributed by atoms with Crippen LogP contribution in [-0.4, -0.2) is 55.1 Å². The number of halogens is 2. The molecule has 3 atom stereocenters. The molecule has 2 saturated heterocycles. The van der Waals surface area contributed by atoms with E-state index in [0.717, 1.165) is 42.2 Å². The van der Waals surface area contributed by atoms with Crippen LogP contribution in [0.25, 0.3) is 0 Å². The summed E-state index contributed by atoms with van der Waals surface area (Å²) >= 11 is 6.36. The summed E-state index contributed by atoms with van der Waals surface area (Å²) in [7, 11) is 1.55. The van der Waals surface area contributed by atoms with E-state index in [4.69, 9.17) is 16.3 Å². The maximum absolute atomic E-state index is 13.5. The highest BCUT2D eigenvalue weighted by atomic mass is 35.5. The van der Waals surface area contributed by atoms with Crippen molar-refractivity contribution >= 4 is 17.5 Å². The summed E-state index contributed by atoms with van der Waals surface area (Å²) in [6.45, 7) is 3.35. The van der Waals surface area contributed by atoms with Crippen LogP contribution < -0.4 is 0 Å². The number of piperidine rings is 1. The number of nitrogens with zero attached hydrogens (tertiary/aromatic N) is 2. The van der Waals surface area contributed by atoms with Crippen LogP contribution in [0.5, 0.6) is 0 Å². The van der Waals surface area contributed by atoms with Crippen molar-refractivity contribution in [2.75, 3.05) is 33.4 Å². The number of likely N-dealkylation sites (tertiary alicyclic amines) is 2. The molecule has 2 heterocycles. The van der Waals surface area contributed by atoms with Gasteiger partial charge in [0.05, 0.1) is 0 Å². The molecule has 29 heavy (non-hydrogen) atoms. The summed E-state index contributed by atoms with van der Waals surface area (Å²) in [5.74, 6) is 0.291. The number of carbonyl (C=O) groups excluding carboxylic acids is 1. The lowest BCUT2D eigenvalue weighted by atomic mass is 9.81. The van der Waals surface area contributed by atoms with Crippen LogP contribution in [0.4, 0.5) is 4.39 Å². The molecular weight excluding hydrogens is 391 g/mol. The second-order valence-corrected chi connectivity index (χ2v) is 8.39. The molecule has 0 N–H and O–H groups in total. The Balaban J connectivity index is 1.56. The lowest BCUT2D eigenvalue weighted by Crippen LogP contribution is -2.48. The number of ether oxygens (including phenoxy) is 1. The Morgan fingerprint density at radius 3 is 2.66 bits per heavy atom. The number of hydrogen-bond acceptors (Lipinski definition) is 3. The van der Waals surface area contributed by atoms with Crippen LogP contribution in [0.15, 0.2) is 48.5 Å². The predicted molar refractivity (Wildman–Crippen MR) is 111 cm³/mol. The fraction of sp³-hybridized carbons (Fsp3) is 0.435. The summed E-state index contributed by atoms with van der Waals surface area (Å²) in [6, 6.07) is 14.9. The minimum absolute atomic E-state index is 0.0339. The van der Waals surface area contributed by atoms with Gasteiger partial charge in [0.1, 0.15) is 12.4 Å². The van der Waals surface area contributed by atoms with Crippen molar-refractivity contribution in [3.8, 4) is 0 Å². The lowest BCUT2D eigenvalue weighted by molar-refractivity contribution is -0.137. The number of hydrogen-bond donors (Lipinski definition) is 0. The van der Waals surface area contributed by atoms with Crippen LogP contribution in [0.3, 0.4) is 0 Å². The first-order valence-corrected chi connectivity index (χ1v) is 10.4. The molecule has 1 amide bonds. The SMILES string of the molecule is COCC(=O)N1C[C@H](c2ccc(F)cc2)[C@H]2CN(Cc3ccccc3Cl)CC[C@H]21. The third kappa shape index (κ3) is 4.32. The van der Waals surface area contributed by atoms with Gasteiger partial charge in [-0.15, -0.1) is 0 Å². The molecule has 2 aromatic rings. The van der Waals surface area contributed by atoms with E-state index in [1.54, 1.807) is 7.11 Å². The van der Waals surface area contributed by atoms with E-state index in [1.165, 1.54) is 12.1 Å². The average molecular weight is 417 g/mol. The molecule has 154 valence electrons. The van der Waals surface area contributed by atoms with E-state index in [1.807, 2.05) is 35.2 Å². The molecule has 0 spiro atoms. The smallest absolute Gasteiger partial charge is 0.248 e. The molecule has 0 radical (unpaired) electrons. The summed E-state index contributed by atoms with van der Waals surface area (Å²) < 4.78 is 18.6. The monoisotopic (exact) mass is 416 g/mol. The fourth-order valence-corrected chi connectivity index (χ4v) is 5.07. The standard InChI is InChI=1S/C23H26ClFN2O2/c1-29-15-23(28)27-14-19(16-6-8-18(25)9-7-16)20-13-26(11-10-22(20)27)12-17-4-2-3-5-21(17)24/h2-9,19-20,22H,10-15H2,1H3/t19-,20-,22-/m1/s1. The van der Waals surface area contributed by atoms with E-state index in [-0.39, 0.29) is 30.3 Å². The summed E-state index contributed by atoms with van der Waals surface area (Å²) in [4.78, 5) is 17.1. The molecule has 0 aromatic heterocycles. The zero-order valence-electron chi connectivity index (χ0n) is 16.6. The number of amides is 1. The molecule has 0 unspecified atom stereocenters. The van der Waals surface area contributed by atoms with Gasteiger partial charge in [-0.25, -0.2) is 4.39 Å². The largest absolute Gasteiger partial charge is 0.375 e. The normalized spacial score (nSPS) is 24.5. The number of carbonyl (C=O) groups is 1. The van der Waals surface area contributed by atoms with Gasteiger partial charge in [0, 0.05) is 56.2 Å². The van der Waals surface area contributed by atoms with E-state index < -0.39 is 0 Å². The molecule has 2 fully saturated rings. The van der Waals surface area contributed by atoms with Crippen molar-refractivity contribution in [2.45, 2.75) is 24.9 Å². The van der Waals surface area contributed by atoms with Crippen LogP contribution in [0, 0.1) is 11.7 Å². The first kappa shape index (κ1) is 20.3. The van der Waals surface area contributed by atoms with E-state index in [0.29, 0.717) is 12.5 Å². The van der Waals surface area contributed by atoms with Gasteiger partial charge in [0.2, 0.25) is 5.91 Å². The van der Waals surface area contributed by atoms with Crippen LogP contribution in [0.1, 0.15) is 23.5 Å². The molecule has 0 aliphatic carbocycles. The maximum Gasteiger partial charge on any atom is 0.248 e. The Hall–Kier alpha value is -1.95. The van der Waals surface area contributed by atoms with Crippen molar-refractivity contribution in [3.05, 3.63) is 70.5 Å². The number of fused-ring (bicyclic) bond motifs is 1. The Morgan fingerprint density at radius 2 is 1.93 bits per heavy atom. The molecule has 4 nitrogen and oxygen atoms in total. The minimum Gasteiger partial charge on any atom is -0.375 e. The van der Waals surface area contributed by atoms with Crippen LogP contribution >= 0.6 is 11.6 Å². The molecule has 2 aromatic carbocycles. The number of methoxy groups -OCH3 is 1. The van der Waals surface area contributed by atoms with Crippen LogP contribution in [0.2, 0.25) is 5.02 Å². The van der Waals surface area contributed by atoms with E-state index >= 15 is 0 Å². The molecule has 6 heteroatoms. The molecule has 2 aliphatic heterocycles. The molecule has 0 saturated carbocycles. The molecule has 0 bridgehead atoms. The quantitative estimate of drug-likeness (QED) is 0.740. The van der Waals surface area contributed by atoms with E-state index in [2.05, 4.69) is 11.0 Å². The third-order valence-electron chi connectivity index (χ3n) is 6.25. The van der Waals surface area contributed by atoms with Gasteiger partial charge in [-0.05, 0) is 35.7 Å². The first-order valence-electron chi connectivity index (χ1n) is 10.1. The van der Waals surface area contributed by atoms with Gasteiger partial charge < -0.3 is 9.64 Å². The van der Waals surface area contributed by atoms with E-state index in [9.17, 15) is 9.18 Å². The molecule has 4 rings (SSSR count). The maximum atomic E-state index is 13.5. The summed E-state index contributed by atoms with van der Waals surface area (Å²) in [6.07, 6.45) is 0.919. The van der Waals surface area contributed by atoms with Gasteiger partial charge in [-0.2, -0.15) is 0 Å². The van der Waals surface area contributed by atoms with Gasteiger partial charge in [-0.1, -0.05) is 41.9 Å². The minimum atomic E-state index is -0.236. The highest BCUT2D eigenvalue weighted by Gasteiger charge is 2.46. The van der Waals surface area contributed by atoms with Crippen molar-refractivity contribution in [3.63, 3.8) is 0 Å². The Morgan fingerprint density at radius 1 is 1.17 bits per heavy atom. The van der Waals surface area contributed by atoms with Crippen molar-refractivity contribution < 1.29 is 13.9 Å². The second-order valence-electron chi connectivity index (χ2n) is 7.98. The summed E-state index contributed by atoms with van der Waals surface area (Å²) in [5, 5.41) is 0.785. The van der Waals surface area contributed by atoms with Crippen molar-refractivity contribution in [1.82, 2.24) is 9.80 Å². The zero-order valence-corrected chi connectivity index (χ0v) is 17.3. The molecule has 2 aliphatic rings. The average Bonchev–Trinajstić information content (AvgIpc) is 3.09. The highest BCUT2D eigenvalue weighted by molar-refractivity contribution is 6.31. The first-order chi connectivity index (χ1) is 14.1. The number of rotatable bonds is 5. The van der Waals surface area contributed by atoms with Crippen molar-refractivity contribution in [2.24, 2.45) is 5.92 Å². The lowest BCUT2D eigenvalue weighted by Gasteiger charge is -2.39. The van der Waals surface area contributed by atoms with Gasteiger partial charge in [-0.3, -0.25) is 9.69 Å². The second kappa shape index (κ2) is 8.82. The fourth-order valence-electron chi connectivity index (χ4n) is 4.87.